The molecule has 24 heavy (non-hydrogen) atoms. The van der Waals surface area contributed by atoms with Gasteiger partial charge in [-0.25, -0.2) is 0 Å². The third-order valence-corrected chi connectivity index (χ3v) is 4.56. The summed E-state index contributed by atoms with van der Waals surface area (Å²) < 4.78 is 5.47. The molecule has 4 heteroatoms. The van der Waals surface area contributed by atoms with Gasteiger partial charge in [-0.15, -0.1) is 0 Å². The van der Waals surface area contributed by atoms with E-state index in [2.05, 4.69) is 49.5 Å². The Morgan fingerprint density at radius 3 is 2.62 bits per heavy atom. The standard InChI is InChI=1S/C20H22N2O2/c1-13(2)10-14-5-7-15(8-6-14)18-11-16(19-4-3-9-24-19)17(12-21)20(23)22-18/h3-9,13,16-18H,10-11H2,1-2H3,(H,22,23). The first-order chi connectivity index (χ1) is 11.6. The van der Waals surface area contributed by atoms with Crippen molar-refractivity contribution < 1.29 is 9.21 Å². The topological polar surface area (TPSA) is 66.0 Å². The molecule has 3 unspecified atom stereocenters. The number of piperidine rings is 1. The second kappa shape index (κ2) is 6.92. The number of furan rings is 1. The summed E-state index contributed by atoms with van der Waals surface area (Å²) in [6, 6.07) is 14.1. The van der Waals surface area contributed by atoms with Crippen molar-refractivity contribution in [2.75, 3.05) is 0 Å². The van der Waals surface area contributed by atoms with Gasteiger partial charge in [0.15, 0.2) is 0 Å². The third kappa shape index (κ3) is 3.35. The van der Waals surface area contributed by atoms with Crippen LogP contribution >= 0.6 is 0 Å². The molecular formula is C20H22N2O2. The zero-order chi connectivity index (χ0) is 17.1. The summed E-state index contributed by atoms with van der Waals surface area (Å²) in [5.41, 5.74) is 2.37. The lowest BCUT2D eigenvalue weighted by atomic mass is 9.79. The highest BCUT2D eigenvalue weighted by atomic mass is 16.3. The Balaban J connectivity index is 1.82. The van der Waals surface area contributed by atoms with Crippen LogP contribution in [0.1, 0.15) is 49.1 Å². The summed E-state index contributed by atoms with van der Waals surface area (Å²) in [5.74, 6) is 0.191. The fourth-order valence-corrected chi connectivity index (χ4v) is 3.40. The Morgan fingerprint density at radius 1 is 1.29 bits per heavy atom. The van der Waals surface area contributed by atoms with Crippen molar-refractivity contribution in [3.05, 3.63) is 59.5 Å². The molecule has 3 atom stereocenters. The van der Waals surface area contributed by atoms with Gasteiger partial charge in [-0.1, -0.05) is 38.1 Å². The van der Waals surface area contributed by atoms with E-state index in [0.29, 0.717) is 18.1 Å². The second-order valence-corrected chi connectivity index (χ2v) is 6.87. The molecule has 0 saturated carbocycles. The van der Waals surface area contributed by atoms with Gasteiger partial charge in [0.1, 0.15) is 11.7 Å². The maximum absolute atomic E-state index is 12.4. The van der Waals surface area contributed by atoms with E-state index >= 15 is 0 Å². The number of nitriles is 1. The Kier molecular flexibility index (Phi) is 4.71. The molecule has 1 aromatic carbocycles. The molecule has 2 aromatic rings. The van der Waals surface area contributed by atoms with Crippen LogP contribution < -0.4 is 5.32 Å². The largest absolute Gasteiger partial charge is 0.469 e. The van der Waals surface area contributed by atoms with Gasteiger partial charge in [-0.05, 0) is 42.0 Å². The first-order valence-electron chi connectivity index (χ1n) is 8.40. The second-order valence-electron chi connectivity index (χ2n) is 6.87. The number of rotatable bonds is 4. The molecule has 1 fully saturated rings. The number of hydrogen-bond donors (Lipinski definition) is 1. The number of hydrogen-bond acceptors (Lipinski definition) is 3. The molecule has 1 saturated heterocycles. The highest BCUT2D eigenvalue weighted by molar-refractivity contribution is 5.83. The minimum atomic E-state index is -0.701. The van der Waals surface area contributed by atoms with Crippen LogP contribution in [0.3, 0.4) is 0 Å². The first kappa shape index (κ1) is 16.3. The molecule has 1 amide bonds. The van der Waals surface area contributed by atoms with Gasteiger partial charge in [-0.3, -0.25) is 4.79 Å². The van der Waals surface area contributed by atoms with Crippen LogP contribution in [0, 0.1) is 23.2 Å². The average Bonchev–Trinajstić information content (AvgIpc) is 3.08. The molecule has 0 bridgehead atoms. The number of amides is 1. The van der Waals surface area contributed by atoms with Gasteiger partial charge in [0, 0.05) is 5.92 Å². The van der Waals surface area contributed by atoms with E-state index in [4.69, 9.17) is 4.42 Å². The van der Waals surface area contributed by atoms with Gasteiger partial charge in [0.25, 0.3) is 0 Å². The van der Waals surface area contributed by atoms with Crippen molar-refractivity contribution in [1.29, 1.82) is 5.26 Å². The third-order valence-electron chi connectivity index (χ3n) is 4.56. The van der Waals surface area contributed by atoms with Crippen molar-refractivity contribution >= 4 is 5.91 Å². The van der Waals surface area contributed by atoms with Crippen LogP contribution in [0.25, 0.3) is 0 Å². The van der Waals surface area contributed by atoms with E-state index in [1.807, 2.05) is 6.07 Å². The van der Waals surface area contributed by atoms with Crippen molar-refractivity contribution in [1.82, 2.24) is 5.32 Å². The normalized spacial score (nSPS) is 23.8. The molecule has 124 valence electrons. The molecule has 3 rings (SSSR count). The van der Waals surface area contributed by atoms with E-state index in [1.165, 1.54) is 5.56 Å². The average molecular weight is 322 g/mol. The fourth-order valence-electron chi connectivity index (χ4n) is 3.40. The van der Waals surface area contributed by atoms with Crippen LogP contribution in [0.4, 0.5) is 0 Å². The minimum Gasteiger partial charge on any atom is -0.469 e. The van der Waals surface area contributed by atoms with Crippen molar-refractivity contribution in [3.63, 3.8) is 0 Å². The van der Waals surface area contributed by atoms with Crippen LogP contribution in [0.2, 0.25) is 0 Å². The zero-order valence-electron chi connectivity index (χ0n) is 14.0. The van der Waals surface area contributed by atoms with Gasteiger partial charge < -0.3 is 9.73 Å². The van der Waals surface area contributed by atoms with Crippen molar-refractivity contribution in [2.24, 2.45) is 11.8 Å². The van der Waals surface area contributed by atoms with E-state index in [1.54, 1.807) is 12.3 Å². The van der Waals surface area contributed by atoms with Gasteiger partial charge in [0.2, 0.25) is 5.91 Å². The van der Waals surface area contributed by atoms with Crippen LogP contribution in [0.15, 0.2) is 47.1 Å². The molecule has 2 heterocycles. The van der Waals surface area contributed by atoms with Gasteiger partial charge >= 0.3 is 0 Å². The maximum atomic E-state index is 12.4. The van der Waals surface area contributed by atoms with E-state index in [0.717, 1.165) is 12.0 Å². The van der Waals surface area contributed by atoms with Crippen LogP contribution in [-0.2, 0) is 11.2 Å². The highest BCUT2D eigenvalue weighted by Crippen LogP contribution is 2.38. The molecule has 0 spiro atoms. The lowest BCUT2D eigenvalue weighted by Gasteiger charge is -2.32. The molecule has 4 nitrogen and oxygen atoms in total. The highest BCUT2D eigenvalue weighted by Gasteiger charge is 2.39. The number of carbonyl (C=O) groups is 1. The number of nitrogens with one attached hydrogen (secondary N) is 1. The first-order valence-corrected chi connectivity index (χ1v) is 8.40. The number of benzene rings is 1. The quantitative estimate of drug-likeness (QED) is 0.926. The molecule has 1 aromatic heterocycles. The summed E-state index contributed by atoms with van der Waals surface area (Å²) in [5, 5.41) is 12.3. The van der Waals surface area contributed by atoms with E-state index in [9.17, 15) is 10.1 Å². The van der Waals surface area contributed by atoms with Gasteiger partial charge in [0.05, 0.1) is 18.4 Å². The molecule has 1 aliphatic rings. The predicted molar refractivity (Wildman–Crippen MR) is 91.0 cm³/mol. The fraction of sp³-hybridized carbons (Fsp3) is 0.400. The van der Waals surface area contributed by atoms with E-state index < -0.39 is 5.92 Å². The SMILES string of the molecule is CC(C)Cc1ccc(C2CC(c3ccco3)C(C#N)C(=O)N2)cc1. The molecule has 0 aliphatic carbocycles. The smallest absolute Gasteiger partial charge is 0.238 e. The Morgan fingerprint density at radius 2 is 2.04 bits per heavy atom. The summed E-state index contributed by atoms with van der Waals surface area (Å²) in [4.78, 5) is 12.4. The maximum Gasteiger partial charge on any atom is 0.238 e. The molecule has 1 N–H and O–H groups in total. The lowest BCUT2D eigenvalue weighted by Crippen LogP contribution is -2.42. The predicted octanol–water partition coefficient (Wildman–Crippen LogP) is 3.96. The molecular weight excluding hydrogens is 300 g/mol. The minimum absolute atomic E-state index is 0.0923. The van der Waals surface area contributed by atoms with Crippen LogP contribution in [0.5, 0.6) is 0 Å². The Hall–Kier alpha value is -2.54. The Labute approximate surface area is 142 Å². The summed E-state index contributed by atoms with van der Waals surface area (Å²) in [6.45, 7) is 4.40. The lowest BCUT2D eigenvalue weighted by molar-refractivity contribution is -0.127. The van der Waals surface area contributed by atoms with Crippen molar-refractivity contribution in [2.45, 2.75) is 38.6 Å². The molecule has 0 radical (unpaired) electrons. The number of carbonyl (C=O) groups excluding carboxylic acids is 1. The van der Waals surface area contributed by atoms with E-state index in [-0.39, 0.29) is 17.9 Å². The summed E-state index contributed by atoms with van der Waals surface area (Å²) in [7, 11) is 0. The zero-order valence-corrected chi connectivity index (χ0v) is 14.0. The number of nitrogens with zero attached hydrogens (tertiary/aromatic N) is 1. The molecule has 1 aliphatic heterocycles. The monoisotopic (exact) mass is 322 g/mol. The van der Waals surface area contributed by atoms with Crippen molar-refractivity contribution in [3.8, 4) is 6.07 Å². The van der Waals surface area contributed by atoms with Crippen LogP contribution in [-0.4, -0.2) is 5.91 Å². The van der Waals surface area contributed by atoms with Gasteiger partial charge in [-0.2, -0.15) is 5.26 Å². The summed E-state index contributed by atoms with van der Waals surface area (Å²) >= 11 is 0. The summed E-state index contributed by atoms with van der Waals surface area (Å²) in [6.07, 6.45) is 3.30. The Bertz CT molecular complexity index is 726.